The Balaban J connectivity index is 2.35. The van der Waals surface area contributed by atoms with Gasteiger partial charge in [0.1, 0.15) is 5.82 Å². The summed E-state index contributed by atoms with van der Waals surface area (Å²) >= 11 is 4.78. The molecule has 9 heteroatoms. The number of anilines is 2. The van der Waals surface area contributed by atoms with Crippen LogP contribution in [0.1, 0.15) is 33.6 Å². The van der Waals surface area contributed by atoms with Gasteiger partial charge in [0.15, 0.2) is 5.69 Å². The normalized spacial score (nSPS) is 11.1. The molecule has 3 N–H and O–H groups in total. The summed E-state index contributed by atoms with van der Waals surface area (Å²) in [6.07, 6.45) is 1.57. The molecule has 0 saturated carbocycles. The molecule has 7 nitrogen and oxygen atoms in total. The Morgan fingerprint density at radius 1 is 1.28 bits per heavy atom. The number of aromatic amines is 1. The first-order valence-electron chi connectivity index (χ1n) is 9.55. The summed E-state index contributed by atoms with van der Waals surface area (Å²) < 4.78 is 2.29. The second-order valence-corrected chi connectivity index (χ2v) is 9.10. The van der Waals surface area contributed by atoms with E-state index in [4.69, 9.17) is 5.73 Å². The Labute approximate surface area is 182 Å². The number of aromatic nitrogens is 2. The number of amides is 1. The molecule has 2 rings (SSSR count). The average molecular weight is 483 g/mol. The van der Waals surface area contributed by atoms with Crippen LogP contribution >= 0.6 is 27.7 Å². The van der Waals surface area contributed by atoms with E-state index >= 15 is 0 Å². The van der Waals surface area contributed by atoms with E-state index in [0.29, 0.717) is 13.1 Å². The van der Waals surface area contributed by atoms with E-state index in [1.807, 2.05) is 45.0 Å². The molecule has 0 saturated heterocycles. The number of hydrogen-bond donors (Lipinski definition) is 2. The summed E-state index contributed by atoms with van der Waals surface area (Å²) in [5.41, 5.74) is 5.07. The minimum atomic E-state index is -0.634. The number of carbonyl (C=O) groups is 1. The molecule has 0 fully saturated rings. The molecule has 0 atom stereocenters. The predicted molar refractivity (Wildman–Crippen MR) is 123 cm³/mol. The Morgan fingerprint density at radius 2 is 1.93 bits per heavy atom. The third kappa shape index (κ3) is 6.24. The fraction of sp³-hybridized carbons (Fsp3) is 0.450. The van der Waals surface area contributed by atoms with Crippen LogP contribution in [0.15, 0.2) is 43.2 Å². The topological polar surface area (TPSA) is 101 Å². The van der Waals surface area contributed by atoms with Gasteiger partial charge in [0.2, 0.25) is 5.91 Å². The maximum atomic E-state index is 13.0. The molecule has 1 aromatic heterocycles. The van der Waals surface area contributed by atoms with Crippen LogP contribution in [0.3, 0.4) is 0 Å². The zero-order valence-electron chi connectivity index (χ0n) is 16.9. The zero-order chi connectivity index (χ0) is 21.6. The van der Waals surface area contributed by atoms with E-state index in [0.717, 1.165) is 22.2 Å². The van der Waals surface area contributed by atoms with E-state index in [1.54, 1.807) is 0 Å². The highest BCUT2D eigenvalue weighted by Crippen LogP contribution is 2.24. The summed E-state index contributed by atoms with van der Waals surface area (Å²) in [4.78, 5) is 42.5. The van der Waals surface area contributed by atoms with Gasteiger partial charge in [-0.2, -0.15) is 0 Å². The minimum Gasteiger partial charge on any atom is -0.383 e. The lowest BCUT2D eigenvalue weighted by molar-refractivity contribution is -0.116. The van der Waals surface area contributed by atoms with Crippen molar-refractivity contribution in [2.24, 2.45) is 5.92 Å². The number of carbonyl (C=O) groups excluding carboxylic acids is 1. The van der Waals surface area contributed by atoms with Gasteiger partial charge in [-0.1, -0.05) is 43.1 Å². The van der Waals surface area contributed by atoms with E-state index < -0.39 is 11.2 Å². The second-order valence-electron chi connectivity index (χ2n) is 7.14. The molecule has 0 bridgehead atoms. The molecule has 1 aromatic carbocycles. The third-order valence-electron chi connectivity index (χ3n) is 4.24. The summed E-state index contributed by atoms with van der Waals surface area (Å²) in [6.45, 7) is 6.63. The van der Waals surface area contributed by atoms with Crippen LogP contribution in [-0.2, 0) is 11.3 Å². The standard InChI is InChI=1S/C20H27BrN4O3S/c1-4-5-10-24(16(26)12-29-15-8-6-14(21)7-9-15)17-18(22)25(11-13(2)3)20(28)23-19(17)27/h6-9,13H,4-5,10-12,22H2,1-3H3,(H,23,27,28). The molecule has 158 valence electrons. The number of hydrogen-bond acceptors (Lipinski definition) is 5. The van der Waals surface area contributed by atoms with Crippen LogP contribution in [0.4, 0.5) is 11.5 Å². The molecule has 0 aliphatic heterocycles. The number of H-pyrrole nitrogens is 1. The van der Waals surface area contributed by atoms with Crippen molar-refractivity contribution in [1.29, 1.82) is 0 Å². The number of rotatable bonds is 9. The molecule has 0 radical (unpaired) electrons. The molecule has 1 heterocycles. The zero-order valence-corrected chi connectivity index (χ0v) is 19.3. The number of nitrogens with two attached hydrogens (primary N) is 1. The van der Waals surface area contributed by atoms with E-state index in [2.05, 4.69) is 20.9 Å². The lowest BCUT2D eigenvalue weighted by atomic mass is 10.2. The van der Waals surface area contributed by atoms with Crippen molar-refractivity contribution in [2.45, 2.75) is 45.1 Å². The highest BCUT2D eigenvalue weighted by atomic mass is 79.9. The number of halogens is 1. The number of benzene rings is 1. The molecule has 0 spiro atoms. The lowest BCUT2D eigenvalue weighted by Crippen LogP contribution is -2.42. The van der Waals surface area contributed by atoms with E-state index in [9.17, 15) is 14.4 Å². The van der Waals surface area contributed by atoms with E-state index in [-0.39, 0.29) is 29.1 Å². The molecule has 0 aliphatic carbocycles. The van der Waals surface area contributed by atoms with Crippen LogP contribution in [-0.4, -0.2) is 27.8 Å². The van der Waals surface area contributed by atoms with Crippen LogP contribution in [0.25, 0.3) is 0 Å². The Kier molecular flexibility index (Phi) is 8.58. The number of nitrogens with zero attached hydrogens (tertiary/aromatic N) is 2. The molecule has 29 heavy (non-hydrogen) atoms. The Morgan fingerprint density at radius 3 is 2.52 bits per heavy atom. The first kappa shape index (κ1) is 23.3. The maximum absolute atomic E-state index is 13.0. The largest absolute Gasteiger partial charge is 0.383 e. The highest BCUT2D eigenvalue weighted by molar-refractivity contribution is 9.10. The van der Waals surface area contributed by atoms with Crippen LogP contribution < -0.4 is 21.9 Å². The first-order chi connectivity index (χ1) is 13.7. The van der Waals surface area contributed by atoms with Crippen LogP contribution in [0, 0.1) is 5.92 Å². The van der Waals surface area contributed by atoms with Gasteiger partial charge in [0, 0.05) is 22.5 Å². The molecular formula is C20H27BrN4O3S. The van der Waals surface area contributed by atoms with E-state index in [1.165, 1.54) is 21.2 Å². The van der Waals surface area contributed by atoms with Crippen molar-refractivity contribution in [3.8, 4) is 0 Å². The number of nitrogen functional groups attached to an aromatic ring is 1. The van der Waals surface area contributed by atoms with Gasteiger partial charge in [-0.25, -0.2) is 4.79 Å². The van der Waals surface area contributed by atoms with Gasteiger partial charge in [-0.05, 0) is 36.6 Å². The highest BCUT2D eigenvalue weighted by Gasteiger charge is 2.24. The molecule has 0 aliphatic rings. The summed E-state index contributed by atoms with van der Waals surface area (Å²) in [7, 11) is 0. The van der Waals surface area contributed by atoms with Crippen molar-refractivity contribution in [1.82, 2.24) is 9.55 Å². The second kappa shape index (κ2) is 10.7. The van der Waals surface area contributed by atoms with Gasteiger partial charge >= 0.3 is 5.69 Å². The third-order valence-corrected chi connectivity index (χ3v) is 5.77. The van der Waals surface area contributed by atoms with Crippen LogP contribution in [0.5, 0.6) is 0 Å². The number of unbranched alkanes of at least 4 members (excludes halogenated alkanes) is 1. The fourth-order valence-corrected chi connectivity index (χ4v) is 3.85. The molecular weight excluding hydrogens is 456 g/mol. The SMILES string of the molecule is CCCCN(C(=O)CSc1ccc(Br)cc1)c1c(N)n(CC(C)C)c(=O)[nH]c1=O. The molecule has 1 amide bonds. The summed E-state index contributed by atoms with van der Waals surface area (Å²) in [5.74, 6) is 0.124. The van der Waals surface area contributed by atoms with Gasteiger partial charge in [0.05, 0.1) is 5.75 Å². The summed E-state index contributed by atoms with van der Waals surface area (Å²) in [6, 6.07) is 7.66. The van der Waals surface area contributed by atoms with Gasteiger partial charge in [-0.3, -0.25) is 19.1 Å². The monoisotopic (exact) mass is 482 g/mol. The smallest absolute Gasteiger partial charge is 0.330 e. The van der Waals surface area contributed by atoms with Crippen molar-refractivity contribution < 1.29 is 4.79 Å². The van der Waals surface area contributed by atoms with Gasteiger partial charge in [-0.15, -0.1) is 11.8 Å². The van der Waals surface area contributed by atoms with Crippen molar-refractivity contribution in [2.75, 3.05) is 22.9 Å². The quantitative estimate of drug-likeness (QED) is 0.532. The fourth-order valence-electron chi connectivity index (χ4n) is 2.82. The lowest BCUT2D eigenvalue weighted by Gasteiger charge is -2.24. The molecule has 0 unspecified atom stereocenters. The van der Waals surface area contributed by atoms with Crippen molar-refractivity contribution in [3.63, 3.8) is 0 Å². The Hall–Kier alpha value is -2.00. The predicted octanol–water partition coefficient (Wildman–Crippen LogP) is 3.46. The number of thioether (sulfide) groups is 1. The van der Waals surface area contributed by atoms with Gasteiger partial charge in [0.25, 0.3) is 5.56 Å². The van der Waals surface area contributed by atoms with Crippen molar-refractivity contribution >= 4 is 45.1 Å². The average Bonchev–Trinajstić information content (AvgIpc) is 2.66. The maximum Gasteiger partial charge on any atom is 0.330 e. The minimum absolute atomic E-state index is 0.0329. The molecule has 2 aromatic rings. The first-order valence-corrected chi connectivity index (χ1v) is 11.3. The summed E-state index contributed by atoms with van der Waals surface area (Å²) in [5, 5.41) is 0. The Bertz CT molecular complexity index is 954. The number of nitrogens with one attached hydrogen (secondary N) is 1. The van der Waals surface area contributed by atoms with Crippen molar-refractivity contribution in [3.05, 3.63) is 49.6 Å². The van der Waals surface area contributed by atoms with Gasteiger partial charge < -0.3 is 10.6 Å². The van der Waals surface area contributed by atoms with Crippen LogP contribution in [0.2, 0.25) is 0 Å².